The van der Waals surface area contributed by atoms with Gasteiger partial charge in [0.2, 0.25) is 5.91 Å². The summed E-state index contributed by atoms with van der Waals surface area (Å²) in [4.78, 5) is 46.5. The fourth-order valence-electron chi connectivity index (χ4n) is 3.65. The van der Waals surface area contributed by atoms with Crippen LogP contribution in [0.4, 0.5) is 0 Å². The van der Waals surface area contributed by atoms with Gasteiger partial charge in [-0.1, -0.05) is 30.3 Å². The van der Waals surface area contributed by atoms with Crippen LogP contribution in [0.2, 0.25) is 0 Å². The molecule has 2 aromatic rings. The fourth-order valence-corrected chi connectivity index (χ4v) is 5.27. The maximum atomic E-state index is 12.8. The molecular formula is C19H17N4NaO4S. The molecule has 0 spiro atoms. The van der Waals surface area contributed by atoms with Crippen molar-refractivity contribution in [2.45, 2.75) is 36.1 Å². The summed E-state index contributed by atoms with van der Waals surface area (Å²) in [5.41, 5.74) is 1.26. The molecular weight excluding hydrogens is 403 g/mol. The van der Waals surface area contributed by atoms with Crippen molar-refractivity contribution in [3.63, 3.8) is 0 Å². The quantitative estimate of drug-likeness (QED) is 0.416. The topological polar surface area (TPSA) is 115 Å². The summed E-state index contributed by atoms with van der Waals surface area (Å²) >= 11 is 1.34. The number of fused-ring (bicyclic) bond motifs is 1. The Balaban J connectivity index is 0.00000240. The van der Waals surface area contributed by atoms with E-state index < -0.39 is 40.0 Å². The molecule has 2 amide bonds. The van der Waals surface area contributed by atoms with Crippen LogP contribution >= 0.6 is 11.8 Å². The molecule has 2 fully saturated rings. The van der Waals surface area contributed by atoms with Crippen LogP contribution in [-0.4, -0.2) is 54.9 Å². The van der Waals surface area contributed by atoms with Crippen LogP contribution in [0, 0.1) is 0 Å². The van der Waals surface area contributed by atoms with E-state index in [1.807, 2.05) is 30.3 Å². The molecule has 2 aliphatic rings. The average molecular weight is 420 g/mol. The number of aliphatic carboxylic acids is 1. The SMILES string of the molecule is CC1(C)S[C@@H]2[C@H](NC(=O)c3nccnc3-c3ccccc3)C(=O)N2[C@H]1C(=O)[O-].[Na+]. The molecule has 1 aromatic heterocycles. The molecule has 0 bridgehead atoms. The Morgan fingerprint density at radius 3 is 2.48 bits per heavy atom. The zero-order valence-corrected chi connectivity index (χ0v) is 19.0. The van der Waals surface area contributed by atoms with Gasteiger partial charge >= 0.3 is 29.6 Å². The molecule has 3 heterocycles. The number of amides is 2. The summed E-state index contributed by atoms with van der Waals surface area (Å²) in [5.74, 6) is -2.26. The number of nitrogens with zero attached hydrogens (tertiary/aromatic N) is 3. The van der Waals surface area contributed by atoms with Crippen LogP contribution < -0.4 is 40.0 Å². The van der Waals surface area contributed by atoms with Crippen LogP contribution in [0.25, 0.3) is 11.3 Å². The number of rotatable bonds is 4. The van der Waals surface area contributed by atoms with E-state index >= 15 is 0 Å². The van der Waals surface area contributed by atoms with E-state index in [2.05, 4.69) is 15.3 Å². The van der Waals surface area contributed by atoms with Crippen LogP contribution in [0.15, 0.2) is 42.7 Å². The first-order valence-electron chi connectivity index (χ1n) is 8.69. The number of carboxylic acids is 1. The van der Waals surface area contributed by atoms with Crippen molar-refractivity contribution in [3.05, 3.63) is 48.4 Å². The molecule has 144 valence electrons. The van der Waals surface area contributed by atoms with Crippen molar-refractivity contribution in [3.8, 4) is 11.3 Å². The smallest absolute Gasteiger partial charge is 0.548 e. The minimum absolute atomic E-state index is 0. The number of β-lactam (4-membered cyclic amide) rings is 1. The monoisotopic (exact) mass is 420 g/mol. The van der Waals surface area contributed by atoms with Crippen LogP contribution in [0.3, 0.4) is 0 Å². The van der Waals surface area contributed by atoms with Crippen molar-refractivity contribution in [1.82, 2.24) is 20.2 Å². The van der Waals surface area contributed by atoms with Gasteiger partial charge in [0.1, 0.15) is 17.1 Å². The summed E-state index contributed by atoms with van der Waals surface area (Å²) in [7, 11) is 0. The second-order valence-electron chi connectivity index (χ2n) is 7.15. The Labute approximate surface area is 193 Å². The number of aromatic nitrogens is 2. The molecule has 2 aliphatic heterocycles. The summed E-state index contributed by atoms with van der Waals surface area (Å²) in [6, 6.07) is 7.31. The Hall–Kier alpha value is -1.94. The van der Waals surface area contributed by atoms with Crippen LogP contribution in [0.1, 0.15) is 24.3 Å². The first kappa shape index (κ1) is 21.8. The predicted octanol–water partition coefficient (Wildman–Crippen LogP) is -2.94. The first-order valence-corrected chi connectivity index (χ1v) is 9.57. The number of hydrogen-bond acceptors (Lipinski definition) is 7. The van der Waals surface area contributed by atoms with E-state index in [0.29, 0.717) is 5.69 Å². The number of hydrogen-bond donors (Lipinski definition) is 1. The molecule has 3 atom stereocenters. The molecule has 0 radical (unpaired) electrons. The normalized spacial score (nSPS) is 24.1. The Morgan fingerprint density at radius 1 is 1.17 bits per heavy atom. The second kappa shape index (κ2) is 8.06. The number of benzene rings is 1. The fraction of sp³-hybridized carbons (Fsp3) is 0.316. The minimum Gasteiger partial charge on any atom is -0.548 e. The van der Waals surface area contributed by atoms with Gasteiger partial charge in [-0.2, -0.15) is 0 Å². The molecule has 0 unspecified atom stereocenters. The van der Waals surface area contributed by atoms with Gasteiger partial charge in [0.15, 0.2) is 5.69 Å². The van der Waals surface area contributed by atoms with Crippen molar-refractivity contribution in [2.75, 3.05) is 0 Å². The zero-order valence-electron chi connectivity index (χ0n) is 16.2. The number of carbonyl (C=O) groups is 3. The van der Waals surface area contributed by atoms with E-state index in [4.69, 9.17) is 0 Å². The van der Waals surface area contributed by atoms with Gasteiger partial charge in [-0.15, -0.1) is 11.8 Å². The molecule has 8 nitrogen and oxygen atoms in total. The summed E-state index contributed by atoms with van der Waals surface area (Å²) in [5, 5.41) is 13.7. The molecule has 0 aliphatic carbocycles. The van der Waals surface area contributed by atoms with E-state index in [0.717, 1.165) is 5.56 Å². The molecule has 2 saturated heterocycles. The second-order valence-corrected chi connectivity index (χ2v) is 8.92. The van der Waals surface area contributed by atoms with E-state index in [1.54, 1.807) is 13.8 Å². The Morgan fingerprint density at radius 2 is 1.83 bits per heavy atom. The van der Waals surface area contributed by atoms with Gasteiger partial charge < -0.3 is 20.1 Å². The van der Waals surface area contributed by atoms with Crippen molar-refractivity contribution < 1.29 is 49.0 Å². The molecule has 1 N–H and O–H groups in total. The zero-order chi connectivity index (χ0) is 20.1. The largest absolute Gasteiger partial charge is 1.00 e. The van der Waals surface area contributed by atoms with Gasteiger partial charge in [0.25, 0.3) is 5.91 Å². The summed E-state index contributed by atoms with van der Waals surface area (Å²) in [6.07, 6.45) is 2.91. The van der Waals surface area contributed by atoms with Crippen LogP contribution in [-0.2, 0) is 9.59 Å². The molecule has 10 heteroatoms. The van der Waals surface area contributed by atoms with Gasteiger partial charge in [0.05, 0.1) is 12.0 Å². The maximum Gasteiger partial charge on any atom is 1.00 e. The third-order valence-corrected chi connectivity index (χ3v) is 6.48. The molecule has 1 aromatic carbocycles. The van der Waals surface area contributed by atoms with Crippen molar-refractivity contribution in [1.29, 1.82) is 0 Å². The van der Waals surface area contributed by atoms with Gasteiger partial charge in [0, 0.05) is 22.7 Å². The van der Waals surface area contributed by atoms with Gasteiger partial charge in [-0.05, 0) is 13.8 Å². The Bertz CT molecular complexity index is 972. The standard InChI is InChI=1S/C19H18N4O4S.Na/c1-19(2)14(18(26)27)23-16(25)13(17(23)28-19)22-15(24)12-11(20-8-9-21-12)10-6-4-3-5-7-10;/h3-9,13-14,17H,1-2H3,(H,22,24)(H,26,27);/q;+1/p-1/t13-,14+,17-;/m1./s1. The first-order chi connectivity index (χ1) is 13.3. The molecule has 29 heavy (non-hydrogen) atoms. The van der Waals surface area contributed by atoms with Crippen molar-refractivity contribution in [2.24, 2.45) is 0 Å². The maximum absolute atomic E-state index is 12.8. The predicted molar refractivity (Wildman–Crippen MR) is 99.8 cm³/mol. The number of carbonyl (C=O) groups excluding carboxylic acids is 3. The Kier molecular flexibility index (Phi) is 6.05. The average Bonchev–Trinajstić information content (AvgIpc) is 2.94. The van der Waals surface area contributed by atoms with Gasteiger partial charge in [-0.25, -0.2) is 4.98 Å². The number of thioether (sulfide) groups is 1. The van der Waals surface area contributed by atoms with E-state index in [-0.39, 0.29) is 35.3 Å². The molecule has 0 saturated carbocycles. The number of carboxylic acid groups (broad SMARTS) is 1. The third-order valence-electron chi connectivity index (χ3n) is 4.91. The van der Waals surface area contributed by atoms with E-state index in [1.165, 1.54) is 29.1 Å². The minimum atomic E-state index is -1.29. The summed E-state index contributed by atoms with van der Waals surface area (Å²) < 4.78 is -0.708. The van der Waals surface area contributed by atoms with Crippen LogP contribution in [0.5, 0.6) is 0 Å². The summed E-state index contributed by atoms with van der Waals surface area (Å²) in [6.45, 7) is 3.50. The van der Waals surface area contributed by atoms with E-state index in [9.17, 15) is 19.5 Å². The van der Waals surface area contributed by atoms with Gasteiger partial charge in [-0.3, -0.25) is 14.6 Å². The number of nitrogens with one attached hydrogen (secondary N) is 1. The molecule has 4 rings (SSSR count). The third kappa shape index (κ3) is 3.68. The van der Waals surface area contributed by atoms with Crippen molar-refractivity contribution >= 4 is 29.5 Å².